The van der Waals surface area contributed by atoms with Crippen molar-refractivity contribution in [2.24, 2.45) is 0 Å². The molecule has 3 N–H and O–H groups in total. The van der Waals surface area contributed by atoms with Crippen molar-refractivity contribution in [2.45, 2.75) is 4.90 Å². The molecule has 26 heavy (non-hydrogen) atoms. The molecule has 9 heteroatoms. The van der Waals surface area contributed by atoms with E-state index < -0.39 is 18.1 Å². The van der Waals surface area contributed by atoms with Gasteiger partial charge in [-0.05, 0) is 18.2 Å². The van der Waals surface area contributed by atoms with Crippen LogP contribution in [0.2, 0.25) is 0 Å². The fourth-order valence-corrected chi connectivity index (χ4v) is 3.50. The van der Waals surface area contributed by atoms with E-state index in [2.05, 4.69) is 4.98 Å². The number of fused-ring (bicyclic) bond motifs is 1. The van der Waals surface area contributed by atoms with Gasteiger partial charge in [-0.3, -0.25) is 9.59 Å². The lowest BCUT2D eigenvalue weighted by Crippen LogP contribution is -2.38. The number of nitrogens with two attached hydrogens (primary N) is 1. The smallest absolute Gasteiger partial charge is 0.342 e. The van der Waals surface area contributed by atoms with E-state index in [0.717, 1.165) is 22.4 Å². The summed E-state index contributed by atoms with van der Waals surface area (Å²) in [4.78, 5) is 40.8. The molecule has 0 fully saturated rings. The third-order valence-electron chi connectivity index (χ3n) is 3.77. The average Bonchev–Trinajstić information content (AvgIpc) is 2.65. The minimum atomic E-state index is -0.886. The van der Waals surface area contributed by atoms with Crippen LogP contribution in [0.3, 0.4) is 0 Å². The minimum Gasteiger partial charge on any atom is -0.452 e. The maximum absolute atomic E-state index is 12.5. The number of pyridine rings is 1. The molecule has 3 rings (SSSR count). The monoisotopic (exact) mass is 370 g/mol. The summed E-state index contributed by atoms with van der Waals surface area (Å²) in [7, 11) is 0. The summed E-state index contributed by atoms with van der Waals surface area (Å²) in [5.41, 5.74) is 5.25. The zero-order valence-electron chi connectivity index (χ0n) is 13.5. The van der Waals surface area contributed by atoms with Crippen LogP contribution in [0.25, 0.3) is 0 Å². The van der Waals surface area contributed by atoms with E-state index in [1.165, 1.54) is 0 Å². The van der Waals surface area contributed by atoms with Crippen LogP contribution in [0.5, 0.6) is 0 Å². The van der Waals surface area contributed by atoms with E-state index >= 15 is 0 Å². The van der Waals surface area contributed by atoms with E-state index in [9.17, 15) is 14.4 Å². The molecule has 8 nitrogen and oxygen atoms in total. The van der Waals surface area contributed by atoms with Crippen LogP contribution in [0.15, 0.2) is 40.0 Å². The average molecular weight is 370 g/mol. The number of nitrogens with zero attached hydrogens (tertiary/aromatic N) is 2. The van der Waals surface area contributed by atoms with Gasteiger partial charge >= 0.3 is 5.97 Å². The number of esters is 1. The first-order valence-corrected chi connectivity index (χ1v) is 8.62. The summed E-state index contributed by atoms with van der Waals surface area (Å²) in [5, 5.41) is 8.87. The molecule has 1 aliphatic rings. The van der Waals surface area contributed by atoms with Crippen molar-refractivity contribution in [3.63, 3.8) is 0 Å². The molecule has 1 aromatic heterocycles. The van der Waals surface area contributed by atoms with Gasteiger partial charge in [-0.1, -0.05) is 12.1 Å². The zero-order valence-corrected chi connectivity index (χ0v) is 14.3. The Hall–Kier alpha value is -3.25. The van der Waals surface area contributed by atoms with Gasteiger partial charge < -0.3 is 20.4 Å². The topological polar surface area (TPSA) is 129 Å². The van der Waals surface area contributed by atoms with Crippen LogP contribution in [0.4, 0.5) is 11.5 Å². The second-order valence-electron chi connectivity index (χ2n) is 5.39. The zero-order chi connectivity index (χ0) is 18.7. The number of hydrogen-bond acceptors (Lipinski definition) is 7. The summed E-state index contributed by atoms with van der Waals surface area (Å²) in [6.45, 7) is 0.0374. The number of thioether (sulfide) groups is 1. The summed E-state index contributed by atoms with van der Waals surface area (Å²) < 4.78 is 5.03. The van der Waals surface area contributed by atoms with Crippen LogP contribution >= 0.6 is 11.8 Å². The second-order valence-corrected chi connectivity index (χ2v) is 6.53. The largest absolute Gasteiger partial charge is 0.452 e. The van der Waals surface area contributed by atoms with Crippen LogP contribution in [-0.2, 0) is 9.53 Å². The van der Waals surface area contributed by atoms with Crippen molar-refractivity contribution in [3.8, 4) is 6.07 Å². The van der Waals surface area contributed by atoms with E-state index in [-0.39, 0.29) is 22.9 Å². The molecular weight excluding hydrogens is 356 g/mol. The van der Waals surface area contributed by atoms with Crippen LogP contribution in [-0.4, -0.2) is 35.8 Å². The number of aromatic nitrogens is 1. The minimum absolute atomic E-state index is 0.163. The van der Waals surface area contributed by atoms with Gasteiger partial charge in [0, 0.05) is 17.2 Å². The van der Waals surface area contributed by atoms with Gasteiger partial charge in [0.05, 0.1) is 5.69 Å². The number of rotatable bonds is 3. The van der Waals surface area contributed by atoms with Crippen molar-refractivity contribution in [1.29, 1.82) is 5.26 Å². The number of amides is 1. The third kappa shape index (κ3) is 3.41. The third-order valence-corrected chi connectivity index (χ3v) is 4.81. The first kappa shape index (κ1) is 17.6. The van der Waals surface area contributed by atoms with Crippen molar-refractivity contribution in [2.75, 3.05) is 29.5 Å². The van der Waals surface area contributed by atoms with Gasteiger partial charge in [-0.15, -0.1) is 11.8 Å². The van der Waals surface area contributed by atoms with Gasteiger partial charge in [0.15, 0.2) is 6.61 Å². The molecule has 1 aromatic carbocycles. The number of nitriles is 1. The van der Waals surface area contributed by atoms with Crippen molar-refractivity contribution in [1.82, 2.24) is 4.98 Å². The second kappa shape index (κ2) is 7.33. The number of hydrogen-bond donors (Lipinski definition) is 2. The number of carbonyl (C=O) groups excluding carboxylic acids is 2. The molecule has 0 atom stereocenters. The molecule has 0 radical (unpaired) electrons. The number of aromatic amines is 1. The first-order valence-electron chi connectivity index (χ1n) is 7.63. The van der Waals surface area contributed by atoms with E-state index in [1.807, 2.05) is 24.3 Å². The van der Waals surface area contributed by atoms with Crippen LogP contribution < -0.4 is 16.2 Å². The molecule has 0 saturated heterocycles. The van der Waals surface area contributed by atoms with Gasteiger partial charge in [0.25, 0.3) is 11.5 Å². The number of para-hydroxylation sites is 1. The molecule has 1 aliphatic heterocycles. The molecular formula is C17H14N4O4S. The SMILES string of the molecule is N#Cc1cc(C(=O)OCC(=O)N2CCSc3ccccc32)c(N)[nH]c1=O. The fraction of sp³-hybridized carbons (Fsp3) is 0.176. The number of benzene rings is 1. The Kier molecular flexibility index (Phi) is 4.95. The Balaban J connectivity index is 1.72. The molecule has 0 bridgehead atoms. The lowest BCUT2D eigenvalue weighted by atomic mass is 10.2. The molecule has 0 unspecified atom stereocenters. The van der Waals surface area contributed by atoms with E-state index in [4.69, 9.17) is 15.7 Å². The van der Waals surface area contributed by atoms with Gasteiger partial charge in [0.1, 0.15) is 23.0 Å². The van der Waals surface area contributed by atoms with Crippen molar-refractivity contribution < 1.29 is 14.3 Å². The lowest BCUT2D eigenvalue weighted by molar-refractivity contribution is -0.121. The molecule has 1 amide bonds. The number of H-pyrrole nitrogens is 1. The predicted molar refractivity (Wildman–Crippen MR) is 96.0 cm³/mol. The Morgan fingerprint density at radius 2 is 2.15 bits per heavy atom. The van der Waals surface area contributed by atoms with Gasteiger partial charge in [-0.2, -0.15) is 5.26 Å². The van der Waals surface area contributed by atoms with Gasteiger partial charge in [-0.25, -0.2) is 4.79 Å². The molecule has 2 aromatic rings. The van der Waals surface area contributed by atoms with Crippen molar-refractivity contribution >= 4 is 35.1 Å². The quantitative estimate of drug-likeness (QED) is 0.775. The van der Waals surface area contributed by atoms with Crippen LogP contribution in [0, 0.1) is 11.3 Å². The molecule has 0 saturated carbocycles. The highest BCUT2D eigenvalue weighted by molar-refractivity contribution is 7.99. The molecule has 132 valence electrons. The summed E-state index contributed by atoms with van der Waals surface area (Å²) >= 11 is 1.66. The number of anilines is 2. The number of carbonyl (C=O) groups is 2. The summed E-state index contributed by atoms with van der Waals surface area (Å²) in [5.74, 6) is -0.723. The van der Waals surface area contributed by atoms with Gasteiger partial charge in [0.2, 0.25) is 0 Å². The highest BCUT2D eigenvalue weighted by Crippen LogP contribution is 2.34. The highest BCUT2D eigenvalue weighted by atomic mass is 32.2. The number of ether oxygens (including phenoxy) is 1. The first-order chi connectivity index (χ1) is 12.5. The predicted octanol–water partition coefficient (Wildman–Crippen LogP) is 1.12. The Morgan fingerprint density at radius 3 is 2.92 bits per heavy atom. The van der Waals surface area contributed by atoms with Crippen LogP contribution in [0.1, 0.15) is 15.9 Å². The Labute approximate surface area is 152 Å². The Bertz CT molecular complexity index is 979. The van der Waals surface area contributed by atoms with E-state index in [1.54, 1.807) is 22.7 Å². The Morgan fingerprint density at radius 1 is 1.38 bits per heavy atom. The standard InChI is InChI=1S/C17H14N4O4S/c18-8-10-7-11(15(19)20-16(10)23)17(24)25-9-14(22)21-5-6-26-13-4-2-1-3-12(13)21/h1-4,7H,5-6,9H2,(H3,19,20,23). The molecule has 0 spiro atoms. The lowest BCUT2D eigenvalue weighted by Gasteiger charge is -2.28. The highest BCUT2D eigenvalue weighted by Gasteiger charge is 2.24. The molecule has 0 aliphatic carbocycles. The van der Waals surface area contributed by atoms with E-state index in [0.29, 0.717) is 6.54 Å². The van der Waals surface area contributed by atoms with Crippen molar-refractivity contribution in [3.05, 3.63) is 51.8 Å². The maximum atomic E-state index is 12.5. The number of nitrogens with one attached hydrogen (secondary N) is 1. The number of nitrogen functional groups attached to an aromatic ring is 1. The normalized spacial score (nSPS) is 12.8. The maximum Gasteiger partial charge on any atom is 0.342 e. The molecule has 2 heterocycles. The summed E-state index contributed by atoms with van der Waals surface area (Å²) in [6.07, 6.45) is 0. The summed E-state index contributed by atoms with van der Waals surface area (Å²) in [6, 6.07) is 10.2. The fourth-order valence-electron chi connectivity index (χ4n) is 2.51.